The van der Waals surface area contributed by atoms with Crippen LogP contribution in [-0.2, 0) is 5.41 Å². The second-order valence-electron chi connectivity index (χ2n) is 5.33. The Morgan fingerprint density at radius 2 is 1.94 bits per heavy atom. The minimum absolute atomic E-state index is 0.120. The first-order valence-corrected chi connectivity index (χ1v) is 6.49. The smallest absolute Gasteiger partial charge is 0.249 e. The molecule has 1 aromatic heterocycles. The minimum Gasteiger partial charge on any atom is -0.366 e. The van der Waals surface area contributed by atoms with Gasteiger partial charge in [-0.3, -0.25) is 9.78 Å². The molecule has 2 rings (SSSR count). The van der Waals surface area contributed by atoms with Gasteiger partial charge >= 0.3 is 0 Å². The molecule has 1 aromatic carbocycles. The molecule has 0 radical (unpaired) electrons. The van der Waals surface area contributed by atoms with Crippen molar-refractivity contribution in [3.63, 3.8) is 0 Å². The van der Waals surface area contributed by atoms with E-state index in [1.165, 1.54) is 0 Å². The molecule has 0 fully saturated rings. The summed E-state index contributed by atoms with van der Waals surface area (Å²) in [5.74, 6) is -0.425. The first-order chi connectivity index (χ1) is 8.29. The van der Waals surface area contributed by atoms with E-state index >= 15 is 0 Å². The van der Waals surface area contributed by atoms with E-state index in [0.717, 1.165) is 21.1 Å². The number of halogens is 1. The van der Waals surface area contributed by atoms with Gasteiger partial charge in [-0.1, -0.05) is 36.7 Å². The van der Waals surface area contributed by atoms with Crippen molar-refractivity contribution in [3.05, 3.63) is 40.0 Å². The van der Waals surface area contributed by atoms with Crippen LogP contribution in [0.25, 0.3) is 10.9 Å². The number of nitrogens with two attached hydrogens (primary N) is 1. The summed E-state index contributed by atoms with van der Waals surface area (Å²) in [4.78, 5) is 16.2. The Labute approximate surface area is 115 Å². The number of pyridine rings is 1. The summed E-state index contributed by atoms with van der Waals surface area (Å²) in [6.07, 6.45) is 0. The second-order valence-corrected chi connectivity index (χ2v) is 6.25. The van der Waals surface area contributed by atoms with Crippen LogP contribution in [0.2, 0.25) is 0 Å². The fraction of sp³-hybridized carbons (Fsp3) is 0.286. The topological polar surface area (TPSA) is 56.0 Å². The van der Waals surface area contributed by atoms with Crippen LogP contribution in [0.15, 0.2) is 28.7 Å². The summed E-state index contributed by atoms with van der Waals surface area (Å²) in [5, 5.41) is 0.782. The van der Waals surface area contributed by atoms with Gasteiger partial charge in [0, 0.05) is 21.0 Å². The van der Waals surface area contributed by atoms with Crippen LogP contribution in [0.1, 0.15) is 36.8 Å². The van der Waals surface area contributed by atoms with Crippen molar-refractivity contribution in [1.82, 2.24) is 4.98 Å². The average molecular weight is 307 g/mol. The quantitative estimate of drug-likeness (QED) is 0.878. The van der Waals surface area contributed by atoms with Crippen LogP contribution in [0.5, 0.6) is 0 Å². The third-order valence-corrected chi connectivity index (χ3v) is 3.30. The lowest BCUT2D eigenvalue weighted by Crippen LogP contribution is -2.18. The molecular formula is C14H15BrN2O. The van der Waals surface area contributed by atoms with Crippen LogP contribution in [0.3, 0.4) is 0 Å². The maximum atomic E-state index is 11.6. The van der Waals surface area contributed by atoms with E-state index in [4.69, 9.17) is 5.73 Å². The summed E-state index contributed by atoms with van der Waals surface area (Å²) >= 11 is 3.39. The zero-order valence-corrected chi connectivity index (χ0v) is 12.2. The van der Waals surface area contributed by atoms with Crippen LogP contribution in [-0.4, -0.2) is 10.9 Å². The molecule has 94 valence electrons. The van der Waals surface area contributed by atoms with Gasteiger partial charge in [0.1, 0.15) is 0 Å². The molecule has 2 aromatic rings. The van der Waals surface area contributed by atoms with Crippen molar-refractivity contribution in [2.75, 3.05) is 0 Å². The van der Waals surface area contributed by atoms with E-state index in [9.17, 15) is 4.79 Å². The van der Waals surface area contributed by atoms with Crippen LogP contribution in [0.4, 0.5) is 0 Å². The molecule has 1 amide bonds. The van der Waals surface area contributed by atoms with Gasteiger partial charge in [-0.05, 0) is 24.3 Å². The minimum atomic E-state index is -0.425. The molecule has 1 heterocycles. The highest BCUT2D eigenvalue weighted by molar-refractivity contribution is 9.10. The Balaban J connectivity index is 2.83. The highest BCUT2D eigenvalue weighted by atomic mass is 79.9. The first kappa shape index (κ1) is 13.0. The van der Waals surface area contributed by atoms with E-state index in [-0.39, 0.29) is 5.41 Å². The predicted molar refractivity (Wildman–Crippen MR) is 76.7 cm³/mol. The first-order valence-electron chi connectivity index (χ1n) is 5.69. The van der Waals surface area contributed by atoms with Gasteiger partial charge in [-0.25, -0.2) is 0 Å². The summed E-state index contributed by atoms with van der Waals surface area (Å²) < 4.78 is 0.905. The highest BCUT2D eigenvalue weighted by Crippen LogP contribution is 2.27. The predicted octanol–water partition coefficient (Wildman–Crippen LogP) is 3.39. The SMILES string of the molecule is CC(C)(C)c1cc(C(N)=O)c2cc(Br)ccc2n1. The van der Waals surface area contributed by atoms with E-state index < -0.39 is 5.91 Å². The number of hydrogen-bond donors (Lipinski definition) is 1. The Bertz CT molecular complexity index is 629. The summed E-state index contributed by atoms with van der Waals surface area (Å²) in [5.41, 5.74) is 7.52. The van der Waals surface area contributed by atoms with Crippen LogP contribution < -0.4 is 5.73 Å². The monoisotopic (exact) mass is 306 g/mol. The fourth-order valence-corrected chi connectivity index (χ4v) is 2.15. The van der Waals surface area contributed by atoms with E-state index in [1.54, 1.807) is 6.07 Å². The molecule has 0 bridgehead atoms. The lowest BCUT2D eigenvalue weighted by molar-refractivity contribution is 0.100. The van der Waals surface area contributed by atoms with Gasteiger partial charge < -0.3 is 5.73 Å². The molecule has 3 nitrogen and oxygen atoms in total. The zero-order valence-electron chi connectivity index (χ0n) is 10.6. The van der Waals surface area contributed by atoms with Crippen molar-refractivity contribution >= 4 is 32.7 Å². The molecule has 0 aliphatic rings. The number of primary amides is 1. The van der Waals surface area contributed by atoms with Crippen molar-refractivity contribution in [2.45, 2.75) is 26.2 Å². The van der Waals surface area contributed by atoms with Crippen molar-refractivity contribution in [3.8, 4) is 0 Å². The van der Waals surface area contributed by atoms with Crippen molar-refractivity contribution in [1.29, 1.82) is 0 Å². The standard InChI is InChI=1S/C14H15BrN2O/c1-14(2,3)12-7-10(13(16)18)9-6-8(15)4-5-11(9)17-12/h4-7H,1-3H3,(H2,16,18). The molecule has 18 heavy (non-hydrogen) atoms. The molecule has 2 N–H and O–H groups in total. The Hall–Kier alpha value is -1.42. The van der Waals surface area contributed by atoms with Gasteiger partial charge in [0.15, 0.2) is 0 Å². The molecule has 0 saturated carbocycles. The molecule has 0 saturated heterocycles. The van der Waals surface area contributed by atoms with Gasteiger partial charge in [0.2, 0.25) is 5.91 Å². The number of carbonyl (C=O) groups excluding carboxylic acids is 1. The van der Waals surface area contributed by atoms with Gasteiger partial charge in [-0.15, -0.1) is 0 Å². The molecule has 4 heteroatoms. The number of hydrogen-bond acceptors (Lipinski definition) is 2. The molecular weight excluding hydrogens is 292 g/mol. The molecule has 0 unspecified atom stereocenters. The second kappa shape index (κ2) is 4.35. The average Bonchev–Trinajstić information content (AvgIpc) is 2.25. The molecule has 0 atom stereocenters. The number of rotatable bonds is 1. The number of benzene rings is 1. The van der Waals surface area contributed by atoms with E-state index in [0.29, 0.717) is 5.56 Å². The largest absolute Gasteiger partial charge is 0.366 e. The number of nitrogens with zero attached hydrogens (tertiary/aromatic N) is 1. The number of fused-ring (bicyclic) bond motifs is 1. The molecule has 0 spiro atoms. The number of carbonyl (C=O) groups is 1. The summed E-state index contributed by atoms with van der Waals surface area (Å²) in [6, 6.07) is 7.46. The molecule has 0 aliphatic heterocycles. The van der Waals surface area contributed by atoms with E-state index in [2.05, 4.69) is 41.7 Å². The van der Waals surface area contributed by atoms with Crippen molar-refractivity contribution < 1.29 is 4.79 Å². The number of amides is 1. The third-order valence-electron chi connectivity index (χ3n) is 2.80. The maximum Gasteiger partial charge on any atom is 0.249 e. The zero-order chi connectivity index (χ0) is 13.5. The van der Waals surface area contributed by atoms with E-state index in [1.807, 2.05) is 18.2 Å². The Morgan fingerprint density at radius 1 is 1.28 bits per heavy atom. The third kappa shape index (κ3) is 2.38. The van der Waals surface area contributed by atoms with Gasteiger partial charge in [-0.2, -0.15) is 0 Å². The number of aromatic nitrogens is 1. The van der Waals surface area contributed by atoms with Gasteiger partial charge in [0.25, 0.3) is 0 Å². The Kier molecular flexibility index (Phi) is 3.15. The fourth-order valence-electron chi connectivity index (χ4n) is 1.79. The van der Waals surface area contributed by atoms with Crippen LogP contribution >= 0.6 is 15.9 Å². The van der Waals surface area contributed by atoms with Crippen molar-refractivity contribution in [2.24, 2.45) is 5.73 Å². The summed E-state index contributed by atoms with van der Waals surface area (Å²) in [6.45, 7) is 6.18. The van der Waals surface area contributed by atoms with Crippen LogP contribution in [0, 0.1) is 0 Å². The normalized spacial score (nSPS) is 11.8. The lowest BCUT2D eigenvalue weighted by atomic mass is 9.90. The highest BCUT2D eigenvalue weighted by Gasteiger charge is 2.19. The molecule has 0 aliphatic carbocycles. The maximum absolute atomic E-state index is 11.6. The lowest BCUT2D eigenvalue weighted by Gasteiger charge is -2.19. The Morgan fingerprint density at radius 3 is 2.50 bits per heavy atom. The van der Waals surface area contributed by atoms with Gasteiger partial charge in [0.05, 0.1) is 11.1 Å². The summed E-state index contributed by atoms with van der Waals surface area (Å²) in [7, 11) is 0.